The molecule has 0 bridgehead atoms. The van der Waals surface area contributed by atoms with Gasteiger partial charge in [-0.3, -0.25) is 0 Å². The van der Waals surface area contributed by atoms with Crippen LogP contribution in [0.15, 0.2) is 146 Å². The van der Waals surface area contributed by atoms with Gasteiger partial charge in [-0.25, -0.2) is 0 Å². The SMILES string of the molecule is CC(c1ccc(N(c2ccc(COC3CCCCO3)cc2)c2ccc(COC3CCCCO3)cc2)cc1)c1ccc(N(c2ccc(COC3CCCCO3)cc2)c2ccc(COC3CCCCO3)cc2)cc1. The van der Waals surface area contributed by atoms with Crippen molar-refractivity contribution < 1.29 is 37.9 Å². The summed E-state index contributed by atoms with van der Waals surface area (Å²) >= 11 is 0. The third-order valence-electron chi connectivity index (χ3n) is 14.4. The Hall–Kier alpha value is -5.40. The van der Waals surface area contributed by atoms with Crippen molar-refractivity contribution in [2.24, 2.45) is 0 Å². The van der Waals surface area contributed by atoms with E-state index in [0.29, 0.717) is 26.4 Å². The number of anilines is 6. The summed E-state index contributed by atoms with van der Waals surface area (Å²) in [5.74, 6) is 0.162. The summed E-state index contributed by atoms with van der Waals surface area (Å²) in [5.41, 5.74) is 13.4. The number of nitrogens with zero attached hydrogens (tertiary/aromatic N) is 2. The Kier molecular flexibility index (Phi) is 17.8. The lowest BCUT2D eigenvalue weighted by molar-refractivity contribution is -0.169. The van der Waals surface area contributed by atoms with Crippen LogP contribution in [0.25, 0.3) is 0 Å². The fourth-order valence-electron chi connectivity index (χ4n) is 10.0. The minimum absolute atomic E-state index is 0.122. The van der Waals surface area contributed by atoms with Gasteiger partial charge >= 0.3 is 0 Å². The maximum absolute atomic E-state index is 6.13. The van der Waals surface area contributed by atoms with E-state index < -0.39 is 0 Å². The van der Waals surface area contributed by atoms with Gasteiger partial charge in [0.15, 0.2) is 25.2 Å². The highest BCUT2D eigenvalue weighted by atomic mass is 16.7. The van der Waals surface area contributed by atoms with Crippen molar-refractivity contribution in [3.63, 3.8) is 0 Å². The van der Waals surface area contributed by atoms with Crippen molar-refractivity contribution in [3.05, 3.63) is 179 Å². The lowest BCUT2D eigenvalue weighted by Gasteiger charge is -2.27. The number of benzene rings is 6. The largest absolute Gasteiger partial charge is 0.353 e. The molecule has 378 valence electrons. The molecule has 0 saturated carbocycles. The highest BCUT2D eigenvalue weighted by Gasteiger charge is 2.21. The highest BCUT2D eigenvalue weighted by molar-refractivity contribution is 5.78. The Labute approximate surface area is 427 Å². The summed E-state index contributed by atoms with van der Waals surface area (Å²) in [6.45, 7) is 7.47. The zero-order valence-electron chi connectivity index (χ0n) is 42.0. The molecule has 0 N–H and O–H groups in total. The van der Waals surface area contributed by atoms with Crippen molar-refractivity contribution in [3.8, 4) is 0 Å². The van der Waals surface area contributed by atoms with Crippen LogP contribution in [-0.4, -0.2) is 51.6 Å². The molecule has 4 atom stereocenters. The summed E-state index contributed by atoms with van der Waals surface area (Å²) in [6.07, 6.45) is 12.3. The maximum atomic E-state index is 6.13. The van der Waals surface area contributed by atoms with Crippen LogP contribution in [0, 0.1) is 0 Å². The first-order valence-corrected chi connectivity index (χ1v) is 26.7. The third kappa shape index (κ3) is 13.6. The first-order chi connectivity index (χ1) is 35.6. The van der Waals surface area contributed by atoms with Crippen molar-refractivity contribution in [1.82, 2.24) is 0 Å². The van der Waals surface area contributed by atoms with Crippen LogP contribution < -0.4 is 9.80 Å². The van der Waals surface area contributed by atoms with Crippen molar-refractivity contribution >= 4 is 34.1 Å². The van der Waals surface area contributed by atoms with Crippen LogP contribution in [0.4, 0.5) is 34.1 Å². The normalized spacial score (nSPS) is 21.0. The predicted molar refractivity (Wildman–Crippen MR) is 283 cm³/mol. The first-order valence-electron chi connectivity index (χ1n) is 26.7. The predicted octanol–water partition coefficient (Wildman–Crippen LogP) is 15.0. The van der Waals surface area contributed by atoms with Gasteiger partial charge in [0.1, 0.15) is 0 Å². The Balaban J connectivity index is 0.856. The molecule has 4 unspecified atom stereocenters. The molecule has 6 aromatic rings. The minimum atomic E-state index is -0.122. The number of ether oxygens (including phenoxy) is 8. The van der Waals surface area contributed by atoms with E-state index in [0.717, 1.165) is 160 Å². The summed E-state index contributed by atoms with van der Waals surface area (Å²) in [7, 11) is 0. The summed E-state index contributed by atoms with van der Waals surface area (Å²) < 4.78 is 47.8. The molecule has 0 aromatic heterocycles. The van der Waals surface area contributed by atoms with E-state index >= 15 is 0 Å². The van der Waals surface area contributed by atoms with E-state index in [2.05, 4.69) is 162 Å². The summed E-state index contributed by atoms with van der Waals surface area (Å²) in [4.78, 5) is 4.63. The van der Waals surface area contributed by atoms with Crippen LogP contribution in [0.5, 0.6) is 0 Å². The van der Waals surface area contributed by atoms with E-state index in [-0.39, 0.29) is 31.1 Å². The van der Waals surface area contributed by atoms with Crippen LogP contribution >= 0.6 is 0 Å². The molecule has 10 rings (SSSR count). The van der Waals surface area contributed by atoms with Gasteiger partial charge in [0, 0.05) is 66.5 Å². The van der Waals surface area contributed by atoms with E-state index in [1.54, 1.807) is 0 Å². The van der Waals surface area contributed by atoms with Crippen molar-refractivity contribution in [2.75, 3.05) is 36.2 Å². The molecule has 72 heavy (non-hydrogen) atoms. The smallest absolute Gasteiger partial charge is 0.158 e. The van der Waals surface area contributed by atoms with Gasteiger partial charge in [0.05, 0.1) is 26.4 Å². The Morgan fingerprint density at radius 3 is 0.764 bits per heavy atom. The molecule has 4 saturated heterocycles. The zero-order valence-corrected chi connectivity index (χ0v) is 42.0. The summed E-state index contributed by atoms with van der Waals surface area (Å²) in [6, 6.07) is 52.8. The lowest BCUT2D eigenvalue weighted by Crippen LogP contribution is -2.22. The molecule has 10 nitrogen and oxygen atoms in total. The second-order valence-electron chi connectivity index (χ2n) is 19.7. The number of rotatable bonds is 20. The van der Waals surface area contributed by atoms with Gasteiger partial charge in [-0.05, 0) is 183 Å². The minimum Gasteiger partial charge on any atom is -0.353 e. The molecular formula is C62H72N2O8. The van der Waals surface area contributed by atoms with Gasteiger partial charge in [-0.15, -0.1) is 0 Å². The Bertz CT molecular complexity index is 2200. The monoisotopic (exact) mass is 973 g/mol. The Morgan fingerprint density at radius 1 is 0.333 bits per heavy atom. The molecule has 4 fully saturated rings. The molecule has 4 aliphatic rings. The van der Waals surface area contributed by atoms with Gasteiger partial charge in [-0.1, -0.05) is 79.7 Å². The average molecular weight is 973 g/mol. The lowest BCUT2D eigenvalue weighted by atomic mass is 9.92. The molecule has 4 aliphatic heterocycles. The number of hydrogen-bond acceptors (Lipinski definition) is 10. The molecule has 0 spiro atoms. The second kappa shape index (κ2) is 25.5. The van der Waals surface area contributed by atoms with E-state index in [1.807, 2.05) is 0 Å². The topological polar surface area (TPSA) is 80.3 Å². The fraction of sp³-hybridized carbons (Fsp3) is 0.419. The standard InChI is InChI=1S/C62H72N2O8/c1-46(51-22-34-57(35-23-51)63(53-26-14-47(15-27-53)42-69-59-10-2-6-38-65-59)54-28-16-48(17-29-54)43-70-60-11-3-7-39-66-60)52-24-36-58(37-25-52)64(55-30-18-49(19-31-55)44-71-61-12-4-8-40-67-61)56-32-20-50(21-33-56)45-72-62-13-5-9-41-68-62/h14-37,46,59-62H,2-13,38-45H2,1H3. The van der Waals surface area contributed by atoms with Gasteiger partial charge in [-0.2, -0.15) is 0 Å². The molecule has 6 aromatic carbocycles. The van der Waals surface area contributed by atoms with Gasteiger partial charge in [0.2, 0.25) is 0 Å². The quantitative estimate of drug-likeness (QED) is 0.0738. The second-order valence-corrected chi connectivity index (χ2v) is 19.7. The van der Waals surface area contributed by atoms with Crippen molar-refractivity contribution in [2.45, 2.75) is 141 Å². The van der Waals surface area contributed by atoms with Gasteiger partial charge < -0.3 is 47.7 Å². The molecule has 0 aliphatic carbocycles. The zero-order chi connectivity index (χ0) is 48.7. The average Bonchev–Trinajstić information content (AvgIpc) is 3.46. The van der Waals surface area contributed by atoms with Crippen LogP contribution in [-0.2, 0) is 64.3 Å². The third-order valence-corrected chi connectivity index (χ3v) is 14.4. The molecule has 4 heterocycles. The van der Waals surface area contributed by atoms with E-state index in [1.165, 1.54) is 11.1 Å². The van der Waals surface area contributed by atoms with Gasteiger partial charge in [0.25, 0.3) is 0 Å². The van der Waals surface area contributed by atoms with Crippen molar-refractivity contribution in [1.29, 1.82) is 0 Å². The van der Waals surface area contributed by atoms with Crippen LogP contribution in [0.1, 0.15) is 123 Å². The van der Waals surface area contributed by atoms with E-state index in [4.69, 9.17) is 37.9 Å². The maximum Gasteiger partial charge on any atom is 0.158 e. The molecule has 0 amide bonds. The molecule has 10 heteroatoms. The van der Waals surface area contributed by atoms with E-state index in [9.17, 15) is 0 Å². The molecule has 0 radical (unpaired) electrons. The number of hydrogen-bond donors (Lipinski definition) is 0. The first kappa shape index (κ1) is 50.1. The van der Waals surface area contributed by atoms with Crippen LogP contribution in [0.2, 0.25) is 0 Å². The van der Waals surface area contributed by atoms with Crippen LogP contribution in [0.3, 0.4) is 0 Å². The molecular weight excluding hydrogens is 901 g/mol. The fourth-order valence-corrected chi connectivity index (χ4v) is 10.0. The highest BCUT2D eigenvalue weighted by Crippen LogP contribution is 2.39. The Morgan fingerprint density at radius 2 is 0.556 bits per heavy atom. The summed E-state index contributed by atoms with van der Waals surface area (Å²) in [5, 5.41) is 0.